The molecule has 1 fully saturated rings. The van der Waals surface area contributed by atoms with E-state index in [1.165, 1.54) is 0 Å². The van der Waals surface area contributed by atoms with Gasteiger partial charge < -0.3 is 0 Å². The van der Waals surface area contributed by atoms with E-state index in [4.69, 9.17) is 11.6 Å². The maximum absolute atomic E-state index is 6.14. The molecule has 1 aliphatic rings. The maximum Gasteiger partial charge on any atom is 0.144 e. The van der Waals surface area contributed by atoms with Crippen LogP contribution < -0.4 is 0 Å². The van der Waals surface area contributed by atoms with Crippen LogP contribution in [-0.2, 0) is 0 Å². The summed E-state index contributed by atoms with van der Waals surface area (Å²) >= 11 is 10.1. The molecule has 0 spiro atoms. The van der Waals surface area contributed by atoms with Crippen molar-refractivity contribution in [3.8, 4) is 0 Å². The van der Waals surface area contributed by atoms with Crippen LogP contribution in [0, 0.1) is 13.8 Å². The van der Waals surface area contributed by atoms with Gasteiger partial charge in [0, 0.05) is 27.5 Å². The van der Waals surface area contributed by atoms with E-state index in [2.05, 4.69) is 23.8 Å². The summed E-state index contributed by atoms with van der Waals surface area (Å²) in [4.78, 5) is 9.02. The van der Waals surface area contributed by atoms with Gasteiger partial charge in [-0.3, -0.25) is 0 Å². The van der Waals surface area contributed by atoms with Crippen molar-refractivity contribution in [2.45, 2.75) is 43.4 Å². The highest BCUT2D eigenvalue weighted by atomic mass is 35.5. The average molecular weight is 289 g/mol. The third-order valence-corrected chi connectivity index (χ3v) is 6.94. The average Bonchev–Trinajstić information content (AvgIpc) is 2.29. The van der Waals surface area contributed by atoms with Gasteiger partial charge in [0.05, 0.1) is 5.25 Å². The third kappa shape index (κ3) is 2.91. The van der Waals surface area contributed by atoms with Crippen LogP contribution in [0.2, 0.25) is 5.15 Å². The Morgan fingerprint density at radius 1 is 1.18 bits per heavy atom. The van der Waals surface area contributed by atoms with Crippen molar-refractivity contribution in [3.63, 3.8) is 0 Å². The highest BCUT2D eigenvalue weighted by Gasteiger charge is 2.28. The molecule has 5 heteroatoms. The minimum atomic E-state index is 0.378. The largest absolute Gasteiger partial charge is 0.237 e. The lowest BCUT2D eigenvalue weighted by molar-refractivity contribution is 0.847. The van der Waals surface area contributed by atoms with Gasteiger partial charge in [-0.1, -0.05) is 25.4 Å². The van der Waals surface area contributed by atoms with Crippen LogP contribution in [0.4, 0.5) is 0 Å². The van der Waals surface area contributed by atoms with Gasteiger partial charge in [0.15, 0.2) is 0 Å². The highest BCUT2D eigenvalue weighted by molar-refractivity contribution is 8.07. The van der Waals surface area contributed by atoms with Gasteiger partial charge in [-0.15, -0.1) is 11.8 Å². The molecular formula is C12H17ClN2S2. The molecule has 0 aliphatic carbocycles. The summed E-state index contributed by atoms with van der Waals surface area (Å²) in [6.45, 7) is 8.53. The molecule has 1 saturated heterocycles. The predicted molar refractivity (Wildman–Crippen MR) is 78.2 cm³/mol. The molecule has 0 aromatic carbocycles. The minimum Gasteiger partial charge on any atom is -0.237 e. The number of hydrogen-bond donors (Lipinski definition) is 0. The molecule has 94 valence electrons. The normalized spacial score (nSPS) is 29.4. The molecule has 3 unspecified atom stereocenters. The second-order valence-corrected chi connectivity index (χ2v) is 7.80. The summed E-state index contributed by atoms with van der Waals surface area (Å²) in [7, 11) is 0. The monoisotopic (exact) mass is 288 g/mol. The molecule has 1 aromatic rings. The Kier molecular flexibility index (Phi) is 4.26. The van der Waals surface area contributed by atoms with Gasteiger partial charge in [-0.05, 0) is 13.8 Å². The van der Waals surface area contributed by atoms with Gasteiger partial charge in [0.2, 0.25) is 0 Å². The molecule has 0 bridgehead atoms. The van der Waals surface area contributed by atoms with E-state index in [1.54, 1.807) is 0 Å². The van der Waals surface area contributed by atoms with E-state index in [0.29, 0.717) is 20.9 Å². The lowest BCUT2D eigenvalue weighted by Gasteiger charge is -2.30. The fraction of sp³-hybridized carbons (Fsp3) is 0.667. The molecule has 0 radical (unpaired) electrons. The topological polar surface area (TPSA) is 25.8 Å². The van der Waals surface area contributed by atoms with Crippen molar-refractivity contribution in [2.24, 2.45) is 0 Å². The van der Waals surface area contributed by atoms with Crippen LogP contribution in [0.3, 0.4) is 0 Å². The molecule has 2 heterocycles. The van der Waals surface area contributed by atoms with Gasteiger partial charge >= 0.3 is 0 Å². The molecular weight excluding hydrogens is 272 g/mol. The molecule has 3 atom stereocenters. The highest BCUT2D eigenvalue weighted by Crippen LogP contribution is 2.43. The van der Waals surface area contributed by atoms with Crippen molar-refractivity contribution < 1.29 is 0 Å². The first-order valence-corrected chi connectivity index (χ1v) is 8.13. The summed E-state index contributed by atoms with van der Waals surface area (Å²) < 4.78 is 0. The van der Waals surface area contributed by atoms with Gasteiger partial charge in [-0.25, -0.2) is 9.97 Å². The van der Waals surface area contributed by atoms with Crippen LogP contribution >= 0.6 is 35.1 Å². The fourth-order valence-electron chi connectivity index (χ4n) is 1.68. The Balaban J connectivity index is 2.23. The number of aryl methyl sites for hydroxylation is 1. The van der Waals surface area contributed by atoms with Crippen molar-refractivity contribution >= 4 is 35.1 Å². The molecule has 0 saturated carbocycles. The molecule has 0 amide bonds. The fourth-order valence-corrected chi connectivity index (χ4v) is 4.74. The maximum atomic E-state index is 6.14. The first-order chi connectivity index (χ1) is 7.99. The van der Waals surface area contributed by atoms with Crippen molar-refractivity contribution in [1.82, 2.24) is 9.97 Å². The van der Waals surface area contributed by atoms with E-state index in [9.17, 15) is 0 Å². The van der Waals surface area contributed by atoms with Crippen LogP contribution in [0.1, 0.15) is 36.2 Å². The number of aromatic nitrogens is 2. The number of nitrogens with zero attached hydrogens (tertiary/aromatic N) is 2. The summed E-state index contributed by atoms with van der Waals surface area (Å²) in [6.07, 6.45) is 0. The SMILES string of the molecule is Cc1nc(C2CSC(C)C(C)S2)nc(Cl)c1C. The molecule has 0 N–H and O–H groups in total. The number of rotatable bonds is 1. The van der Waals surface area contributed by atoms with Gasteiger partial charge in [-0.2, -0.15) is 11.8 Å². The zero-order chi connectivity index (χ0) is 12.6. The van der Waals surface area contributed by atoms with Gasteiger partial charge in [0.25, 0.3) is 0 Å². The quantitative estimate of drug-likeness (QED) is 0.728. The second kappa shape index (κ2) is 5.37. The standard InChI is InChI=1S/C12H17ClN2S2/c1-6-7(2)14-12(15-11(6)13)10-5-16-8(3)9(4)17-10/h8-10H,5H2,1-4H3. The molecule has 17 heavy (non-hydrogen) atoms. The Hall–Kier alpha value is 0.0700. The number of halogens is 1. The Bertz CT molecular complexity index is 402. The predicted octanol–water partition coefficient (Wildman–Crippen LogP) is 4.04. The van der Waals surface area contributed by atoms with E-state index < -0.39 is 0 Å². The summed E-state index contributed by atoms with van der Waals surface area (Å²) in [5.74, 6) is 1.98. The lowest BCUT2D eigenvalue weighted by atomic mass is 10.2. The molecule has 2 rings (SSSR count). The van der Waals surface area contributed by atoms with E-state index in [-0.39, 0.29) is 0 Å². The Morgan fingerprint density at radius 2 is 1.88 bits per heavy atom. The molecule has 2 nitrogen and oxygen atoms in total. The Morgan fingerprint density at radius 3 is 2.47 bits per heavy atom. The molecule has 1 aromatic heterocycles. The summed E-state index contributed by atoms with van der Waals surface area (Å²) in [5.41, 5.74) is 1.99. The van der Waals surface area contributed by atoms with Crippen molar-refractivity contribution in [1.29, 1.82) is 0 Å². The van der Waals surface area contributed by atoms with Crippen LogP contribution in [0.5, 0.6) is 0 Å². The molecule has 1 aliphatic heterocycles. The summed E-state index contributed by atoms with van der Waals surface area (Å²) in [5, 5.41) is 2.33. The second-order valence-electron chi connectivity index (χ2n) is 4.45. The van der Waals surface area contributed by atoms with Crippen LogP contribution in [-0.4, -0.2) is 26.2 Å². The van der Waals surface area contributed by atoms with Crippen LogP contribution in [0.15, 0.2) is 0 Å². The third-order valence-electron chi connectivity index (χ3n) is 3.19. The lowest BCUT2D eigenvalue weighted by Crippen LogP contribution is -2.23. The zero-order valence-corrected chi connectivity index (χ0v) is 12.9. The smallest absolute Gasteiger partial charge is 0.144 e. The number of thioether (sulfide) groups is 2. The number of hydrogen-bond acceptors (Lipinski definition) is 4. The van der Waals surface area contributed by atoms with E-state index >= 15 is 0 Å². The van der Waals surface area contributed by atoms with E-state index in [1.807, 2.05) is 37.4 Å². The first-order valence-electron chi connectivity index (χ1n) is 5.76. The van der Waals surface area contributed by atoms with Crippen molar-refractivity contribution in [2.75, 3.05) is 5.75 Å². The summed E-state index contributed by atoms with van der Waals surface area (Å²) in [6, 6.07) is 0. The van der Waals surface area contributed by atoms with Crippen LogP contribution in [0.25, 0.3) is 0 Å². The Labute approximate surface area is 116 Å². The minimum absolute atomic E-state index is 0.378. The van der Waals surface area contributed by atoms with E-state index in [0.717, 1.165) is 22.8 Å². The van der Waals surface area contributed by atoms with Crippen molar-refractivity contribution in [3.05, 3.63) is 22.2 Å². The zero-order valence-electron chi connectivity index (χ0n) is 10.5. The first kappa shape index (κ1) is 13.5. The van der Waals surface area contributed by atoms with Gasteiger partial charge in [0.1, 0.15) is 11.0 Å².